The molecule has 2 aromatic rings. The van der Waals surface area contributed by atoms with Gasteiger partial charge in [-0.3, -0.25) is 4.79 Å². The van der Waals surface area contributed by atoms with Gasteiger partial charge in [0, 0.05) is 5.56 Å². The van der Waals surface area contributed by atoms with Crippen molar-refractivity contribution in [3.63, 3.8) is 0 Å². The number of rotatable bonds is 2. The van der Waals surface area contributed by atoms with Crippen LogP contribution >= 0.6 is 11.6 Å². The van der Waals surface area contributed by atoms with Gasteiger partial charge in [-0.15, -0.1) is 0 Å². The van der Waals surface area contributed by atoms with Crippen LogP contribution in [0.4, 0.5) is 5.69 Å². The molecule has 0 saturated heterocycles. The number of amides is 1. The number of halogens is 1. The molecule has 1 N–H and O–H groups in total. The third kappa shape index (κ3) is 3.04. The first-order valence-corrected chi connectivity index (χ1v) is 5.52. The SMILES string of the molecule is Cc1ccc(C(=O)Nc2ccc(Cl)nc2)cc1. The lowest BCUT2D eigenvalue weighted by molar-refractivity contribution is 0.102. The highest BCUT2D eigenvalue weighted by molar-refractivity contribution is 6.29. The summed E-state index contributed by atoms with van der Waals surface area (Å²) >= 11 is 5.66. The Morgan fingerprint density at radius 2 is 1.88 bits per heavy atom. The van der Waals surface area contributed by atoms with Gasteiger partial charge < -0.3 is 5.32 Å². The van der Waals surface area contributed by atoms with Crippen molar-refractivity contribution in [1.29, 1.82) is 0 Å². The third-order valence-electron chi connectivity index (χ3n) is 2.30. The van der Waals surface area contributed by atoms with E-state index in [1.165, 1.54) is 6.20 Å². The first kappa shape index (κ1) is 11.6. The molecule has 1 aromatic carbocycles. The van der Waals surface area contributed by atoms with Crippen molar-refractivity contribution in [3.8, 4) is 0 Å². The Hall–Kier alpha value is -1.87. The molecule has 0 radical (unpaired) electrons. The van der Waals surface area contributed by atoms with E-state index >= 15 is 0 Å². The van der Waals surface area contributed by atoms with Crippen LogP contribution in [0.1, 0.15) is 15.9 Å². The van der Waals surface area contributed by atoms with Crippen LogP contribution < -0.4 is 5.32 Å². The van der Waals surface area contributed by atoms with Crippen LogP contribution in [0.25, 0.3) is 0 Å². The average molecular weight is 247 g/mol. The molecule has 3 nitrogen and oxygen atoms in total. The molecule has 0 aliphatic carbocycles. The molecule has 0 aliphatic heterocycles. The number of hydrogen-bond acceptors (Lipinski definition) is 2. The van der Waals surface area contributed by atoms with E-state index < -0.39 is 0 Å². The monoisotopic (exact) mass is 246 g/mol. The molecule has 17 heavy (non-hydrogen) atoms. The molecule has 0 aliphatic rings. The Balaban J connectivity index is 2.11. The second-order valence-corrected chi connectivity index (χ2v) is 4.08. The van der Waals surface area contributed by atoms with Crippen molar-refractivity contribution in [2.24, 2.45) is 0 Å². The van der Waals surface area contributed by atoms with Gasteiger partial charge in [-0.05, 0) is 31.2 Å². The van der Waals surface area contributed by atoms with Gasteiger partial charge >= 0.3 is 0 Å². The van der Waals surface area contributed by atoms with Gasteiger partial charge in [0.2, 0.25) is 0 Å². The highest BCUT2D eigenvalue weighted by atomic mass is 35.5. The Labute approximate surface area is 104 Å². The lowest BCUT2D eigenvalue weighted by Gasteiger charge is -2.04. The molecule has 0 unspecified atom stereocenters. The standard InChI is InChI=1S/C13H11ClN2O/c1-9-2-4-10(5-3-9)13(17)16-11-6-7-12(14)15-8-11/h2-8H,1H3,(H,16,17). The largest absolute Gasteiger partial charge is 0.321 e. The maximum absolute atomic E-state index is 11.8. The number of carbonyl (C=O) groups excluding carboxylic acids is 1. The summed E-state index contributed by atoms with van der Waals surface area (Å²) in [6.07, 6.45) is 1.52. The minimum absolute atomic E-state index is 0.158. The smallest absolute Gasteiger partial charge is 0.255 e. The normalized spacial score (nSPS) is 10.0. The number of anilines is 1. The van der Waals surface area contributed by atoms with Crippen LogP contribution in [0.15, 0.2) is 42.6 Å². The molecule has 1 heterocycles. The molecular formula is C13H11ClN2O. The van der Waals surface area contributed by atoms with E-state index in [1.807, 2.05) is 19.1 Å². The van der Waals surface area contributed by atoms with Crippen molar-refractivity contribution in [3.05, 3.63) is 58.9 Å². The Kier molecular flexibility index (Phi) is 3.40. The first-order chi connectivity index (χ1) is 8.15. The molecule has 2 rings (SSSR count). The maximum atomic E-state index is 11.8. The highest BCUT2D eigenvalue weighted by Gasteiger charge is 2.05. The fourth-order valence-corrected chi connectivity index (χ4v) is 1.47. The number of pyridine rings is 1. The average Bonchev–Trinajstić information content (AvgIpc) is 2.33. The summed E-state index contributed by atoms with van der Waals surface area (Å²) in [6, 6.07) is 10.7. The quantitative estimate of drug-likeness (QED) is 0.826. The number of carbonyl (C=O) groups is 1. The van der Waals surface area contributed by atoms with Gasteiger partial charge in [-0.25, -0.2) is 4.98 Å². The molecular weight excluding hydrogens is 236 g/mol. The topological polar surface area (TPSA) is 42.0 Å². The van der Waals surface area contributed by atoms with Crippen LogP contribution in [0.2, 0.25) is 5.15 Å². The molecule has 0 atom stereocenters. The number of nitrogens with one attached hydrogen (secondary N) is 1. The molecule has 1 aromatic heterocycles. The minimum Gasteiger partial charge on any atom is -0.321 e. The van der Waals surface area contributed by atoms with Crippen LogP contribution in [0.5, 0.6) is 0 Å². The van der Waals surface area contributed by atoms with Crippen molar-refractivity contribution < 1.29 is 4.79 Å². The van der Waals surface area contributed by atoms with E-state index in [1.54, 1.807) is 24.3 Å². The van der Waals surface area contributed by atoms with E-state index in [4.69, 9.17) is 11.6 Å². The zero-order valence-electron chi connectivity index (χ0n) is 9.27. The van der Waals surface area contributed by atoms with Crippen molar-refractivity contribution >= 4 is 23.2 Å². The van der Waals surface area contributed by atoms with E-state index in [-0.39, 0.29) is 5.91 Å². The molecule has 86 valence electrons. The van der Waals surface area contributed by atoms with E-state index in [0.717, 1.165) is 5.56 Å². The minimum atomic E-state index is -0.158. The summed E-state index contributed by atoms with van der Waals surface area (Å²) in [5.41, 5.74) is 2.36. The molecule has 0 bridgehead atoms. The van der Waals surface area contributed by atoms with Crippen molar-refractivity contribution in [1.82, 2.24) is 4.98 Å². The zero-order chi connectivity index (χ0) is 12.3. The van der Waals surface area contributed by atoms with E-state index in [2.05, 4.69) is 10.3 Å². The predicted octanol–water partition coefficient (Wildman–Crippen LogP) is 3.30. The third-order valence-corrected chi connectivity index (χ3v) is 2.52. The van der Waals surface area contributed by atoms with Crippen molar-refractivity contribution in [2.45, 2.75) is 6.92 Å². The maximum Gasteiger partial charge on any atom is 0.255 e. The van der Waals surface area contributed by atoms with Gasteiger partial charge in [0.15, 0.2) is 0 Å². The summed E-state index contributed by atoms with van der Waals surface area (Å²) in [7, 11) is 0. The Bertz CT molecular complexity index is 520. The van der Waals surface area contributed by atoms with E-state index in [0.29, 0.717) is 16.4 Å². The second-order valence-electron chi connectivity index (χ2n) is 3.69. The van der Waals surface area contributed by atoms with Crippen LogP contribution in [0.3, 0.4) is 0 Å². The Morgan fingerprint density at radius 3 is 2.47 bits per heavy atom. The summed E-state index contributed by atoms with van der Waals surface area (Å²) in [4.78, 5) is 15.7. The fourth-order valence-electron chi connectivity index (χ4n) is 1.36. The van der Waals surface area contributed by atoms with Gasteiger partial charge in [-0.1, -0.05) is 29.3 Å². The zero-order valence-corrected chi connectivity index (χ0v) is 10.0. The van der Waals surface area contributed by atoms with E-state index in [9.17, 15) is 4.79 Å². The lowest BCUT2D eigenvalue weighted by Crippen LogP contribution is -2.11. The summed E-state index contributed by atoms with van der Waals surface area (Å²) in [5.74, 6) is -0.158. The van der Waals surface area contributed by atoms with Gasteiger partial charge in [0.05, 0.1) is 11.9 Å². The second kappa shape index (κ2) is 4.97. The number of benzene rings is 1. The summed E-state index contributed by atoms with van der Waals surface area (Å²) in [5, 5.41) is 3.15. The molecule has 0 spiro atoms. The lowest BCUT2D eigenvalue weighted by atomic mass is 10.1. The van der Waals surface area contributed by atoms with Gasteiger partial charge in [0.1, 0.15) is 5.15 Å². The Morgan fingerprint density at radius 1 is 1.18 bits per heavy atom. The van der Waals surface area contributed by atoms with Crippen LogP contribution in [0, 0.1) is 6.92 Å². The molecule has 0 saturated carbocycles. The fraction of sp³-hybridized carbons (Fsp3) is 0.0769. The number of nitrogens with zero attached hydrogens (tertiary/aromatic N) is 1. The van der Waals surface area contributed by atoms with Gasteiger partial charge in [0.25, 0.3) is 5.91 Å². The number of aryl methyl sites for hydroxylation is 1. The van der Waals surface area contributed by atoms with Crippen LogP contribution in [-0.2, 0) is 0 Å². The highest BCUT2D eigenvalue weighted by Crippen LogP contribution is 2.11. The number of hydrogen-bond donors (Lipinski definition) is 1. The van der Waals surface area contributed by atoms with Gasteiger partial charge in [-0.2, -0.15) is 0 Å². The molecule has 0 fully saturated rings. The summed E-state index contributed by atoms with van der Waals surface area (Å²) in [6.45, 7) is 1.98. The van der Waals surface area contributed by atoms with Crippen LogP contribution in [-0.4, -0.2) is 10.9 Å². The van der Waals surface area contributed by atoms with Crippen molar-refractivity contribution in [2.75, 3.05) is 5.32 Å². The molecule has 1 amide bonds. The molecule has 4 heteroatoms. The predicted molar refractivity (Wildman–Crippen MR) is 68.4 cm³/mol. The first-order valence-electron chi connectivity index (χ1n) is 5.15. The summed E-state index contributed by atoms with van der Waals surface area (Å²) < 4.78 is 0. The number of aromatic nitrogens is 1.